The standard InChI is InChI=1S/C12H9ClN2O3S/c13-8-3-1-2-7(4-8)11(18)15-12-14-9(6-19-12)5-10(16)17/h1-4,6H,5H2,(H,16,17)(H,14,15,18)/p-1. The molecule has 1 aromatic heterocycles. The summed E-state index contributed by atoms with van der Waals surface area (Å²) in [5.41, 5.74) is 0.760. The molecule has 2 aromatic rings. The third-order valence-corrected chi connectivity index (χ3v) is 3.23. The first kappa shape index (κ1) is 13.5. The molecule has 0 bridgehead atoms. The molecule has 0 spiro atoms. The van der Waals surface area contributed by atoms with Crippen LogP contribution >= 0.6 is 22.9 Å². The SMILES string of the molecule is O=C([O-])Cc1csc(NC(=O)c2cccc(Cl)c2)n1. The molecule has 0 aliphatic carbocycles. The van der Waals surface area contributed by atoms with Crippen LogP contribution in [0.4, 0.5) is 5.13 Å². The molecule has 0 unspecified atom stereocenters. The summed E-state index contributed by atoms with van der Waals surface area (Å²) in [6.45, 7) is 0. The first-order chi connectivity index (χ1) is 9.04. The Morgan fingerprint density at radius 2 is 2.21 bits per heavy atom. The van der Waals surface area contributed by atoms with Crippen LogP contribution in [0.15, 0.2) is 29.6 Å². The summed E-state index contributed by atoms with van der Waals surface area (Å²) in [6, 6.07) is 6.49. The maximum atomic E-state index is 11.9. The van der Waals surface area contributed by atoms with E-state index in [-0.39, 0.29) is 12.3 Å². The number of carbonyl (C=O) groups excluding carboxylic acids is 2. The average Bonchev–Trinajstić information content (AvgIpc) is 2.75. The van der Waals surface area contributed by atoms with Gasteiger partial charge < -0.3 is 9.90 Å². The fourth-order valence-corrected chi connectivity index (χ4v) is 2.29. The summed E-state index contributed by atoms with van der Waals surface area (Å²) >= 11 is 6.94. The summed E-state index contributed by atoms with van der Waals surface area (Å²) in [4.78, 5) is 26.2. The highest BCUT2D eigenvalue weighted by molar-refractivity contribution is 7.14. The van der Waals surface area contributed by atoms with Gasteiger partial charge in [-0.2, -0.15) is 0 Å². The van der Waals surface area contributed by atoms with E-state index in [9.17, 15) is 14.7 Å². The Morgan fingerprint density at radius 1 is 1.42 bits per heavy atom. The smallest absolute Gasteiger partial charge is 0.257 e. The topological polar surface area (TPSA) is 82.1 Å². The summed E-state index contributed by atoms with van der Waals surface area (Å²) in [5, 5.41) is 15.3. The molecule has 1 aromatic carbocycles. The van der Waals surface area contributed by atoms with Crippen molar-refractivity contribution in [2.45, 2.75) is 6.42 Å². The van der Waals surface area contributed by atoms with Crippen molar-refractivity contribution in [3.63, 3.8) is 0 Å². The molecule has 19 heavy (non-hydrogen) atoms. The fourth-order valence-electron chi connectivity index (χ4n) is 1.39. The molecule has 1 heterocycles. The molecular formula is C12H8ClN2O3S-. The monoisotopic (exact) mass is 295 g/mol. The van der Waals surface area contributed by atoms with E-state index in [4.69, 9.17) is 11.6 Å². The third-order valence-electron chi connectivity index (χ3n) is 2.18. The Bertz CT molecular complexity index is 627. The Hall–Kier alpha value is -1.92. The zero-order valence-electron chi connectivity index (χ0n) is 9.55. The van der Waals surface area contributed by atoms with E-state index >= 15 is 0 Å². The number of carboxylic acid groups (broad SMARTS) is 1. The van der Waals surface area contributed by atoms with E-state index in [0.29, 0.717) is 21.4 Å². The molecule has 1 amide bonds. The first-order valence-corrected chi connectivity index (χ1v) is 6.51. The van der Waals surface area contributed by atoms with E-state index in [1.807, 2.05) is 0 Å². The number of nitrogens with one attached hydrogen (secondary N) is 1. The molecule has 0 radical (unpaired) electrons. The van der Waals surface area contributed by atoms with Crippen molar-refractivity contribution in [1.82, 2.24) is 4.98 Å². The number of halogens is 1. The van der Waals surface area contributed by atoms with Crippen LogP contribution in [-0.2, 0) is 11.2 Å². The Labute approximate surface area is 117 Å². The molecule has 0 saturated carbocycles. The van der Waals surface area contributed by atoms with E-state index in [0.717, 1.165) is 11.3 Å². The molecule has 7 heteroatoms. The lowest BCUT2D eigenvalue weighted by atomic mass is 10.2. The van der Waals surface area contributed by atoms with Crippen molar-refractivity contribution < 1.29 is 14.7 Å². The zero-order chi connectivity index (χ0) is 13.8. The zero-order valence-corrected chi connectivity index (χ0v) is 11.1. The molecular weight excluding hydrogens is 288 g/mol. The maximum absolute atomic E-state index is 11.9. The number of rotatable bonds is 4. The fraction of sp³-hybridized carbons (Fsp3) is 0.0833. The molecule has 0 aliphatic rings. The number of thiazole rings is 1. The first-order valence-electron chi connectivity index (χ1n) is 5.26. The average molecular weight is 296 g/mol. The van der Waals surface area contributed by atoms with Gasteiger partial charge in [-0.05, 0) is 18.2 Å². The summed E-state index contributed by atoms with van der Waals surface area (Å²) < 4.78 is 0. The van der Waals surface area contributed by atoms with Gasteiger partial charge in [-0.25, -0.2) is 4.98 Å². The maximum Gasteiger partial charge on any atom is 0.257 e. The number of aromatic nitrogens is 1. The Morgan fingerprint density at radius 3 is 2.89 bits per heavy atom. The Kier molecular flexibility index (Phi) is 4.13. The van der Waals surface area contributed by atoms with Crippen molar-refractivity contribution in [2.24, 2.45) is 0 Å². The number of carbonyl (C=O) groups is 2. The van der Waals surface area contributed by atoms with Gasteiger partial charge in [-0.3, -0.25) is 10.1 Å². The third kappa shape index (κ3) is 3.77. The number of hydrogen-bond acceptors (Lipinski definition) is 5. The van der Waals surface area contributed by atoms with E-state index in [1.54, 1.807) is 23.6 Å². The van der Waals surface area contributed by atoms with Crippen molar-refractivity contribution in [3.8, 4) is 0 Å². The summed E-state index contributed by atoms with van der Waals surface area (Å²) in [7, 11) is 0. The number of hydrogen-bond donors (Lipinski definition) is 1. The highest BCUT2D eigenvalue weighted by Gasteiger charge is 2.09. The van der Waals surface area contributed by atoms with Crippen molar-refractivity contribution in [1.29, 1.82) is 0 Å². The molecule has 2 rings (SSSR count). The molecule has 0 fully saturated rings. The van der Waals surface area contributed by atoms with Gasteiger partial charge in [-0.1, -0.05) is 17.7 Å². The van der Waals surface area contributed by atoms with Crippen LogP contribution in [0.5, 0.6) is 0 Å². The van der Waals surface area contributed by atoms with Gasteiger partial charge in [-0.15, -0.1) is 11.3 Å². The number of amides is 1. The van der Waals surface area contributed by atoms with Gasteiger partial charge in [0, 0.05) is 28.4 Å². The second-order valence-corrected chi connectivity index (χ2v) is 4.95. The second-order valence-electron chi connectivity index (χ2n) is 3.66. The minimum atomic E-state index is -1.21. The van der Waals surface area contributed by atoms with Crippen molar-refractivity contribution in [2.75, 3.05) is 5.32 Å². The van der Waals surface area contributed by atoms with Gasteiger partial charge in [0.2, 0.25) is 0 Å². The number of aliphatic carboxylic acids is 1. The van der Waals surface area contributed by atoms with Gasteiger partial charge in [0.15, 0.2) is 5.13 Å². The molecule has 5 nitrogen and oxygen atoms in total. The molecule has 0 saturated heterocycles. The minimum Gasteiger partial charge on any atom is -0.550 e. The van der Waals surface area contributed by atoms with E-state index in [1.165, 1.54) is 6.07 Å². The second kappa shape index (κ2) is 5.81. The highest BCUT2D eigenvalue weighted by Crippen LogP contribution is 2.18. The lowest BCUT2D eigenvalue weighted by Crippen LogP contribution is -2.24. The molecule has 0 atom stereocenters. The lowest BCUT2D eigenvalue weighted by Gasteiger charge is -2.02. The largest absolute Gasteiger partial charge is 0.550 e. The van der Waals surface area contributed by atoms with Gasteiger partial charge in [0.05, 0.1) is 5.69 Å². The molecule has 98 valence electrons. The predicted molar refractivity (Wildman–Crippen MR) is 70.2 cm³/mol. The van der Waals surface area contributed by atoms with Gasteiger partial charge in [0.25, 0.3) is 5.91 Å². The normalized spacial score (nSPS) is 10.2. The van der Waals surface area contributed by atoms with Gasteiger partial charge >= 0.3 is 0 Å². The molecule has 0 aliphatic heterocycles. The predicted octanol–water partition coefficient (Wildman–Crippen LogP) is 1.34. The van der Waals surface area contributed by atoms with Crippen LogP contribution in [0.1, 0.15) is 16.1 Å². The molecule has 1 N–H and O–H groups in total. The number of anilines is 1. The van der Waals surface area contributed by atoms with Crippen LogP contribution in [0, 0.1) is 0 Å². The number of benzene rings is 1. The minimum absolute atomic E-state index is 0.274. The van der Waals surface area contributed by atoms with E-state index in [2.05, 4.69) is 10.3 Å². The van der Waals surface area contributed by atoms with Crippen LogP contribution in [0.2, 0.25) is 5.02 Å². The summed E-state index contributed by atoms with van der Waals surface area (Å²) in [5.74, 6) is -1.56. The van der Waals surface area contributed by atoms with Crippen LogP contribution < -0.4 is 10.4 Å². The van der Waals surface area contributed by atoms with Crippen molar-refractivity contribution in [3.05, 3.63) is 45.9 Å². The van der Waals surface area contributed by atoms with Crippen LogP contribution in [-0.4, -0.2) is 16.9 Å². The summed E-state index contributed by atoms with van der Waals surface area (Å²) in [6.07, 6.45) is -0.274. The number of carboxylic acids is 1. The van der Waals surface area contributed by atoms with Crippen molar-refractivity contribution >= 4 is 39.9 Å². The quantitative estimate of drug-likeness (QED) is 0.923. The van der Waals surface area contributed by atoms with E-state index < -0.39 is 5.97 Å². The van der Waals surface area contributed by atoms with Gasteiger partial charge in [0.1, 0.15) is 0 Å². The van der Waals surface area contributed by atoms with Crippen LogP contribution in [0.25, 0.3) is 0 Å². The Balaban J connectivity index is 2.06. The van der Waals surface area contributed by atoms with Crippen LogP contribution in [0.3, 0.4) is 0 Å². The highest BCUT2D eigenvalue weighted by atomic mass is 35.5. The number of nitrogens with zero attached hydrogens (tertiary/aromatic N) is 1. The lowest BCUT2D eigenvalue weighted by molar-refractivity contribution is -0.304.